The van der Waals surface area contributed by atoms with E-state index in [1.165, 1.54) is 0 Å². The maximum Gasteiger partial charge on any atom is 0.156 e. The van der Waals surface area contributed by atoms with Crippen LogP contribution in [0.2, 0.25) is 0 Å². The van der Waals surface area contributed by atoms with E-state index in [0.29, 0.717) is 5.75 Å². The minimum atomic E-state index is 0.600. The highest BCUT2D eigenvalue weighted by Crippen LogP contribution is 2.30. The van der Waals surface area contributed by atoms with Gasteiger partial charge in [0.15, 0.2) is 5.75 Å². The molecule has 4 heteroatoms. The van der Waals surface area contributed by atoms with Gasteiger partial charge in [0.1, 0.15) is 0 Å². The molecule has 0 aliphatic rings. The SMILES string of the molecule is NOc1ccccc1-c1ccc2ccc3cccnc3c2n1. The first-order chi connectivity index (χ1) is 10.9. The zero-order valence-electron chi connectivity index (χ0n) is 11.7. The van der Waals surface area contributed by atoms with Gasteiger partial charge in [0.25, 0.3) is 0 Å². The highest BCUT2D eigenvalue weighted by atomic mass is 16.6. The van der Waals surface area contributed by atoms with Crippen LogP contribution in [0.15, 0.2) is 66.9 Å². The van der Waals surface area contributed by atoms with Gasteiger partial charge in [0.05, 0.1) is 16.7 Å². The Morgan fingerprint density at radius 2 is 1.55 bits per heavy atom. The van der Waals surface area contributed by atoms with E-state index in [4.69, 9.17) is 15.7 Å². The first kappa shape index (κ1) is 12.7. The van der Waals surface area contributed by atoms with Crippen molar-refractivity contribution in [1.82, 2.24) is 9.97 Å². The van der Waals surface area contributed by atoms with E-state index in [2.05, 4.69) is 17.1 Å². The maximum absolute atomic E-state index is 5.35. The fraction of sp³-hybridized carbons (Fsp3) is 0. The van der Waals surface area contributed by atoms with Crippen molar-refractivity contribution < 1.29 is 4.84 Å². The molecule has 0 bridgehead atoms. The third-order valence-corrected chi connectivity index (χ3v) is 3.72. The van der Waals surface area contributed by atoms with E-state index in [0.717, 1.165) is 33.1 Å². The Bertz CT molecular complexity index is 982. The molecule has 2 aromatic heterocycles. The first-order valence-corrected chi connectivity index (χ1v) is 6.97. The fourth-order valence-corrected chi connectivity index (χ4v) is 2.65. The number of nitrogens with two attached hydrogens (primary N) is 1. The summed E-state index contributed by atoms with van der Waals surface area (Å²) in [7, 11) is 0. The van der Waals surface area contributed by atoms with Gasteiger partial charge in [-0.1, -0.05) is 36.4 Å². The summed E-state index contributed by atoms with van der Waals surface area (Å²) < 4.78 is 0. The Hall–Kier alpha value is -2.98. The lowest BCUT2D eigenvalue weighted by atomic mass is 10.1. The Labute approximate surface area is 127 Å². The Morgan fingerprint density at radius 1 is 0.773 bits per heavy atom. The Balaban J connectivity index is 2.02. The Kier molecular flexibility index (Phi) is 2.95. The second kappa shape index (κ2) is 5.09. The van der Waals surface area contributed by atoms with E-state index in [1.807, 2.05) is 48.5 Å². The van der Waals surface area contributed by atoms with Crippen LogP contribution in [-0.2, 0) is 0 Å². The molecule has 4 aromatic rings. The van der Waals surface area contributed by atoms with Crippen LogP contribution >= 0.6 is 0 Å². The summed E-state index contributed by atoms with van der Waals surface area (Å²) in [6, 6.07) is 19.7. The van der Waals surface area contributed by atoms with Gasteiger partial charge in [0.2, 0.25) is 0 Å². The molecule has 106 valence electrons. The van der Waals surface area contributed by atoms with Crippen LogP contribution < -0.4 is 10.7 Å². The minimum absolute atomic E-state index is 0.600. The largest absolute Gasteiger partial charge is 0.411 e. The van der Waals surface area contributed by atoms with Crippen LogP contribution in [0.1, 0.15) is 0 Å². The number of aromatic nitrogens is 2. The van der Waals surface area contributed by atoms with Crippen molar-refractivity contribution >= 4 is 21.8 Å². The summed E-state index contributed by atoms with van der Waals surface area (Å²) in [5.74, 6) is 5.95. The van der Waals surface area contributed by atoms with Crippen molar-refractivity contribution in [3.63, 3.8) is 0 Å². The number of para-hydroxylation sites is 1. The van der Waals surface area contributed by atoms with E-state index in [9.17, 15) is 0 Å². The molecular weight excluding hydrogens is 274 g/mol. The third-order valence-electron chi connectivity index (χ3n) is 3.72. The van der Waals surface area contributed by atoms with Gasteiger partial charge in [-0.05, 0) is 24.3 Å². The Morgan fingerprint density at radius 3 is 2.41 bits per heavy atom. The quantitative estimate of drug-likeness (QED) is 0.451. The average Bonchev–Trinajstić information content (AvgIpc) is 2.61. The normalized spacial score (nSPS) is 11.0. The predicted octanol–water partition coefficient (Wildman–Crippen LogP) is 3.70. The standard InChI is InChI=1S/C18H13N3O/c19-22-16-6-2-1-5-14(16)15-10-9-13-8-7-12-4-3-11-20-17(12)18(13)21-15/h1-11H,19H2. The third kappa shape index (κ3) is 1.98. The van der Waals surface area contributed by atoms with Gasteiger partial charge >= 0.3 is 0 Å². The van der Waals surface area contributed by atoms with Crippen molar-refractivity contribution in [2.24, 2.45) is 5.90 Å². The topological polar surface area (TPSA) is 61.0 Å². The van der Waals surface area contributed by atoms with Crippen molar-refractivity contribution in [2.45, 2.75) is 0 Å². The molecule has 2 aromatic carbocycles. The van der Waals surface area contributed by atoms with Crippen LogP contribution in [0.5, 0.6) is 5.75 Å². The molecule has 2 N–H and O–H groups in total. The van der Waals surface area contributed by atoms with Crippen molar-refractivity contribution in [2.75, 3.05) is 0 Å². The summed E-state index contributed by atoms with van der Waals surface area (Å²) in [4.78, 5) is 14.2. The van der Waals surface area contributed by atoms with E-state index < -0.39 is 0 Å². The minimum Gasteiger partial charge on any atom is -0.411 e. The van der Waals surface area contributed by atoms with Gasteiger partial charge in [-0.25, -0.2) is 4.98 Å². The second-order valence-corrected chi connectivity index (χ2v) is 5.02. The molecule has 0 fully saturated rings. The number of fused-ring (bicyclic) bond motifs is 3. The summed E-state index contributed by atoms with van der Waals surface area (Å²) in [5, 5.41) is 2.13. The number of pyridine rings is 2. The molecule has 4 rings (SSSR count). The van der Waals surface area contributed by atoms with E-state index in [-0.39, 0.29) is 0 Å². The van der Waals surface area contributed by atoms with Crippen LogP contribution in [0.4, 0.5) is 0 Å². The molecule has 0 aliphatic heterocycles. The molecule has 0 atom stereocenters. The molecule has 0 spiro atoms. The van der Waals surface area contributed by atoms with Gasteiger partial charge in [-0.2, -0.15) is 5.90 Å². The molecule has 4 nitrogen and oxygen atoms in total. The molecule has 0 saturated carbocycles. The van der Waals surface area contributed by atoms with Gasteiger partial charge < -0.3 is 4.84 Å². The van der Waals surface area contributed by atoms with Gasteiger partial charge in [-0.15, -0.1) is 0 Å². The molecule has 0 aliphatic carbocycles. The predicted molar refractivity (Wildman–Crippen MR) is 87.3 cm³/mol. The molecule has 0 radical (unpaired) electrons. The zero-order chi connectivity index (χ0) is 14.9. The summed E-state index contributed by atoms with van der Waals surface area (Å²) in [6.45, 7) is 0. The van der Waals surface area contributed by atoms with Crippen LogP contribution in [-0.4, -0.2) is 9.97 Å². The number of hydrogen-bond acceptors (Lipinski definition) is 4. The maximum atomic E-state index is 5.35. The monoisotopic (exact) mass is 287 g/mol. The summed E-state index contributed by atoms with van der Waals surface area (Å²) in [6.07, 6.45) is 1.78. The molecular formula is C18H13N3O. The van der Waals surface area contributed by atoms with Crippen molar-refractivity contribution in [3.8, 4) is 17.0 Å². The number of hydrogen-bond donors (Lipinski definition) is 1. The molecule has 0 amide bonds. The van der Waals surface area contributed by atoms with Crippen LogP contribution in [0.25, 0.3) is 33.1 Å². The number of nitrogens with zero attached hydrogens (tertiary/aromatic N) is 2. The lowest BCUT2D eigenvalue weighted by molar-refractivity contribution is 0.336. The zero-order valence-corrected chi connectivity index (χ0v) is 11.7. The second-order valence-electron chi connectivity index (χ2n) is 5.02. The first-order valence-electron chi connectivity index (χ1n) is 6.97. The highest BCUT2D eigenvalue weighted by molar-refractivity contribution is 6.03. The van der Waals surface area contributed by atoms with E-state index >= 15 is 0 Å². The molecule has 0 unspecified atom stereocenters. The van der Waals surface area contributed by atoms with Crippen LogP contribution in [0, 0.1) is 0 Å². The fourth-order valence-electron chi connectivity index (χ4n) is 2.65. The van der Waals surface area contributed by atoms with Gasteiger partial charge in [0, 0.05) is 22.5 Å². The highest BCUT2D eigenvalue weighted by Gasteiger charge is 2.09. The lowest BCUT2D eigenvalue weighted by Gasteiger charge is -2.08. The summed E-state index contributed by atoms with van der Waals surface area (Å²) in [5.41, 5.74) is 3.45. The molecule has 0 saturated heterocycles. The van der Waals surface area contributed by atoms with Crippen molar-refractivity contribution in [1.29, 1.82) is 0 Å². The van der Waals surface area contributed by atoms with E-state index in [1.54, 1.807) is 6.20 Å². The van der Waals surface area contributed by atoms with Crippen LogP contribution in [0.3, 0.4) is 0 Å². The number of rotatable bonds is 2. The molecule has 2 heterocycles. The summed E-state index contributed by atoms with van der Waals surface area (Å²) >= 11 is 0. The van der Waals surface area contributed by atoms with Gasteiger partial charge in [-0.3, -0.25) is 4.98 Å². The number of benzene rings is 2. The molecule has 22 heavy (non-hydrogen) atoms. The van der Waals surface area contributed by atoms with Crippen molar-refractivity contribution in [3.05, 3.63) is 66.9 Å². The smallest absolute Gasteiger partial charge is 0.156 e. The average molecular weight is 287 g/mol. The lowest BCUT2D eigenvalue weighted by Crippen LogP contribution is -2.03.